The van der Waals surface area contributed by atoms with Gasteiger partial charge in [0.1, 0.15) is 11.3 Å². The van der Waals surface area contributed by atoms with Gasteiger partial charge in [-0.1, -0.05) is 0 Å². The largest absolute Gasteiger partial charge is 0.418 e. The maximum absolute atomic E-state index is 5.54. The third-order valence-corrected chi connectivity index (χ3v) is 2.20. The predicted molar refractivity (Wildman–Crippen MR) is 57.6 cm³/mol. The Morgan fingerprint density at radius 1 is 1.12 bits per heavy atom. The third kappa shape index (κ3) is 1.42. The second-order valence-electron chi connectivity index (χ2n) is 3.36. The molecule has 0 aromatic carbocycles. The van der Waals surface area contributed by atoms with Crippen LogP contribution in [0.5, 0.6) is 0 Å². The van der Waals surface area contributed by atoms with E-state index in [2.05, 4.69) is 19.9 Å². The van der Waals surface area contributed by atoms with Gasteiger partial charge in [-0.3, -0.25) is 4.98 Å². The molecular weight excluding hydrogens is 204 g/mol. The highest BCUT2D eigenvalue weighted by Gasteiger charge is 2.09. The van der Waals surface area contributed by atoms with E-state index in [4.69, 9.17) is 4.42 Å². The number of pyridine rings is 1. The molecule has 3 aromatic rings. The van der Waals surface area contributed by atoms with Gasteiger partial charge in [-0.2, -0.15) is 4.98 Å². The second kappa shape index (κ2) is 3.37. The van der Waals surface area contributed by atoms with Gasteiger partial charge < -0.3 is 4.42 Å². The summed E-state index contributed by atoms with van der Waals surface area (Å²) < 4.78 is 5.54. The van der Waals surface area contributed by atoms with Gasteiger partial charge in [0.2, 0.25) is 5.89 Å². The molecule has 0 atom stereocenters. The van der Waals surface area contributed by atoms with E-state index in [9.17, 15) is 0 Å². The summed E-state index contributed by atoms with van der Waals surface area (Å²) in [6.45, 7) is 1.81. The van der Waals surface area contributed by atoms with Crippen molar-refractivity contribution in [2.24, 2.45) is 0 Å². The predicted octanol–water partition coefficient (Wildman–Crippen LogP) is 1.99. The van der Waals surface area contributed by atoms with E-state index >= 15 is 0 Å². The Morgan fingerprint density at radius 3 is 2.75 bits per heavy atom. The first-order chi connectivity index (χ1) is 7.83. The monoisotopic (exact) mass is 212 g/mol. The molecule has 3 aromatic heterocycles. The van der Waals surface area contributed by atoms with E-state index in [1.165, 1.54) is 0 Å². The molecular formula is C11H8N4O. The average molecular weight is 212 g/mol. The number of rotatable bonds is 1. The minimum absolute atomic E-state index is 0.513. The molecule has 78 valence electrons. The maximum Gasteiger partial charge on any atom is 0.250 e. The minimum atomic E-state index is 0.513. The normalized spacial score (nSPS) is 10.8. The fraction of sp³-hybridized carbons (Fsp3) is 0.0909. The van der Waals surface area contributed by atoms with Crippen molar-refractivity contribution < 1.29 is 4.42 Å². The van der Waals surface area contributed by atoms with Gasteiger partial charge in [0, 0.05) is 18.0 Å². The summed E-state index contributed by atoms with van der Waals surface area (Å²) in [5.41, 5.74) is 2.06. The maximum atomic E-state index is 5.54. The molecule has 0 aliphatic carbocycles. The molecule has 3 heterocycles. The smallest absolute Gasteiger partial charge is 0.250 e. The number of hydrogen-bond donors (Lipinski definition) is 0. The molecule has 5 nitrogen and oxygen atoms in total. The first-order valence-electron chi connectivity index (χ1n) is 4.83. The minimum Gasteiger partial charge on any atom is -0.418 e. The number of nitrogens with zero attached hydrogens (tertiary/aromatic N) is 4. The fourth-order valence-corrected chi connectivity index (χ4v) is 1.44. The standard InChI is InChI=1S/C11H8N4O/c1-7-13-6-9-11(14-7)16-10(15-9)8-2-4-12-5-3-8/h2-6H,1H3. The van der Waals surface area contributed by atoms with E-state index in [0.29, 0.717) is 22.9 Å². The lowest BCUT2D eigenvalue weighted by Gasteiger charge is -1.90. The van der Waals surface area contributed by atoms with Crippen LogP contribution in [0.1, 0.15) is 5.82 Å². The molecule has 0 aliphatic rings. The molecule has 0 aliphatic heterocycles. The van der Waals surface area contributed by atoms with Crippen LogP contribution in [-0.4, -0.2) is 19.9 Å². The summed E-state index contributed by atoms with van der Waals surface area (Å²) >= 11 is 0. The van der Waals surface area contributed by atoms with E-state index in [1.807, 2.05) is 19.1 Å². The molecule has 0 saturated carbocycles. The van der Waals surface area contributed by atoms with Gasteiger partial charge in [-0.15, -0.1) is 0 Å². The number of aromatic nitrogens is 4. The topological polar surface area (TPSA) is 64.7 Å². The molecule has 0 saturated heterocycles. The lowest BCUT2D eigenvalue weighted by Crippen LogP contribution is -1.84. The average Bonchev–Trinajstić information content (AvgIpc) is 2.73. The van der Waals surface area contributed by atoms with Gasteiger partial charge in [0.25, 0.3) is 5.71 Å². The van der Waals surface area contributed by atoms with Crippen molar-refractivity contribution in [2.45, 2.75) is 6.92 Å². The van der Waals surface area contributed by atoms with Crippen molar-refractivity contribution in [3.63, 3.8) is 0 Å². The summed E-state index contributed by atoms with van der Waals surface area (Å²) in [4.78, 5) is 16.5. The van der Waals surface area contributed by atoms with Crippen LogP contribution >= 0.6 is 0 Å². The van der Waals surface area contributed by atoms with Crippen LogP contribution in [0.25, 0.3) is 22.7 Å². The summed E-state index contributed by atoms with van der Waals surface area (Å²) in [6.07, 6.45) is 5.05. The first-order valence-corrected chi connectivity index (χ1v) is 4.83. The number of fused-ring (bicyclic) bond motifs is 1. The van der Waals surface area contributed by atoms with E-state index in [1.54, 1.807) is 18.6 Å². The quantitative estimate of drug-likeness (QED) is 0.617. The first kappa shape index (κ1) is 8.96. The second-order valence-corrected chi connectivity index (χ2v) is 3.36. The lowest BCUT2D eigenvalue weighted by atomic mass is 10.3. The van der Waals surface area contributed by atoms with Crippen molar-refractivity contribution in [3.8, 4) is 11.5 Å². The van der Waals surface area contributed by atoms with Crippen LogP contribution in [0.3, 0.4) is 0 Å². The number of oxazole rings is 1. The molecule has 0 fully saturated rings. The zero-order chi connectivity index (χ0) is 11.0. The Kier molecular flexibility index (Phi) is 1.89. The Hall–Kier alpha value is -2.30. The van der Waals surface area contributed by atoms with Crippen LogP contribution < -0.4 is 0 Å². The summed E-state index contributed by atoms with van der Waals surface area (Å²) in [6, 6.07) is 3.68. The van der Waals surface area contributed by atoms with Crippen molar-refractivity contribution in [3.05, 3.63) is 36.5 Å². The Bertz CT molecular complexity index is 633. The summed E-state index contributed by atoms with van der Waals surface area (Å²) in [7, 11) is 0. The number of hydrogen-bond acceptors (Lipinski definition) is 5. The molecule has 3 rings (SSSR count). The summed E-state index contributed by atoms with van der Waals surface area (Å²) in [5.74, 6) is 1.21. The van der Waals surface area contributed by atoms with Crippen LogP contribution in [0.15, 0.2) is 35.1 Å². The molecule has 0 unspecified atom stereocenters. The van der Waals surface area contributed by atoms with Crippen LogP contribution in [-0.2, 0) is 0 Å². The molecule has 0 amide bonds. The van der Waals surface area contributed by atoms with E-state index in [0.717, 1.165) is 5.56 Å². The van der Waals surface area contributed by atoms with E-state index in [-0.39, 0.29) is 0 Å². The SMILES string of the molecule is Cc1ncc2nc(-c3ccncc3)oc2n1. The van der Waals surface area contributed by atoms with E-state index < -0.39 is 0 Å². The van der Waals surface area contributed by atoms with Crippen LogP contribution in [0.2, 0.25) is 0 Å². The Morgan fingerprint density at radius 2 is 1.94 bits per heavy atom. The summed E-state index contributed by atoms with van der Waals surface area (Å²) in [5, 5.41) is 0. The van der Waals surface area contributed by atoms with Crippen molar-refractivity contribution in [1.82, 2.24) is 19.9 Å². The van der Waals surface area contributed by atoms with Crippen molar-refractivity contribution in [2.75, 3.05) is 0 Å². The lowest BCUT2D eigenvalue weighted by molar-refractivity contribution is 0.605. The molecule has 5 heteroatoms. The van der Waals surface area contributed by atoms with Crippen molar-refractivity contribution in [1.29, 1.82) is 0 Å². The number of aryl methyl sites for hydroxylation is 1. The third-order valence-electron chi connectivity index (χ3n) is 2.20. The molecule has 0 N–H and O–H groups in total. The zero-order valence-corrected chi connectivity index (χ0v) is 8.58. The Labute approximate surface area is 91.2 Å². The highest BCUT2D eigenvalue weighted by molar-refractivity contribution is 5.71. The zero-order valence-electron chi connectivity index (χ0n) is 8.58. The molecule has 0 bridgehead atoms. The Balaban J connectivity index is 2.19. The molecule has 0 spiro atoms. The van der Waals surface area contributed by atoms with Crippen LogP contribution in [0, 0.1) is 6.92 Å². The molecule has 0 radical (unpaired) electrons. The van der Waals surface area contributed by atoms with Gasteiger partial charge >= 0.3 is 0 Å². The highest BCUT2D eigenvalue weighted by atomic mass is 16.4. The van der Waals surface area contributed by atoms with Gasteiger partial charge in [0.05, 0.1) is 6.20 Å². The highest BCUT2D eigenvalue weighted by Crippen LogP contribution is 2.21. The van der Waals surface area contributed by atoms with Crippen molar-refractivity contribution >= 4 is 11.2 Å². The molecule has 16 heavy (non-hydrogen) atoms. The van der Waals surface area contributed by atoms with Gasteiger partial charge in [0.15, 0.2) is 0 Å². The van der Waals surface area contributed by atoms with Crippen LogP contribution in [0.4, 0.5) is 0 Å². The van der Waals surface area contributed by atoms with Gasteiger partial charge in [-0.05, 0) is 19.1 Å². The van der Waals surface area contributed by atoms with Gasteiger partial charge in [-0.25, -0.2) is 9.97 Å². The fourth-order valence-electron chi connectivity index (χ4n) is 1.44.